The van der Waals surface area contributed by atoms with Crippen LogP contribution in [-0.4, -0.2) is 34.6 Å². The van der Waals surface area contributed by atoms with Crippen molar-refractivity contribution < 1.29 is 24.4 Å². The van der Waals surface area contributed by atoms with Gasteiger partial charge >= 0.3 is 5.97 Å². The van der Waals surface area contributed by atoms with Crippen molar-refractivity contribution in [1.82, 2.24) is 5.32 Å². The molecule has 0 aliphatic rings. The van der Waals surface area contributed by atoms with E-state index in [4.69, 9.17) is 9.84 Å². The Bertz CT molecular complexity index is 543. The highest BCUT2D eigenvalue weighted by atomic mass is 16.6. The van der Waals surface area contributed by atoms with Gasteiger partial charge in [0.15, 0.2) is 6.61 Å². The second-order valence-corrected chi connectivity index (χ2v) is 4.12. The molecule has 2 N–H and O–H groups in total. The Morgan fingerprint density at radius 3 is 2.65 bits per heavy atom. The molecule has 1 amide bonds. The van der Waals surface area contributed by atoms with Crippen molar-refractivity contribution in [3.05, 3.63) is 33.9 Å². The Morgan fingerprint density at radius 1 is 1.50 bits per heavy atom. The summed E-state index contributed by atoms with van der Waals surface area (Å²) in [5, 5.41) is 21.5. The number of carbonyl (C=O) groups is 2. The van der Waals surface area contributed by atoms with Crippen LogP contribution in [0, 0.1) is 17.0 Å². The van der Waals surface area contributed by atoms with Gasteiger partial charge in [-0.1, -0.05) is 0 Å². The molecule has 8 nitrogen and oxygen atoms in total. The highest BCUT2D eigenvalue weighted by Crippen LogP contribution is 2.22. The van der Waals surface area contributed by atoms with Crippen LogP contribution in [0.1, 0.15) is 12.5 Å². The lowest BCUT2D eigenvalue weighted by Crippen LogP contribution is -2.40. The molecule has 1 atom stereocenters. The predicted octanol–water partition coefficient (Wildman–Crippen LogP) is 0.871. The van der Waals surface area contributed by atoms with Gasteiger partial charge in [0.2, 0.25) is 0 Å². The number of hydrogen-bond donors (Lipinski definition) is 2. The molecule has 1 aromatic rings. The molecular formula is C12H14N2O6. The smallest absolute Gasteiger partial charge is 0.325 e. The van der Waals surface area contributed by atoms with E-state index in [1.165, 1.54) is 25.1 Å². The highest BCUT2D eigenvalue weighted by Gasteiger charge is 2.15. The van der Waals surface area contributed by atoms with Crippen molar-refractivity contribution in [3.8, 4) is 5.75 Å². The number of carboxylic acid groups (broad SMARTS) is 1. The maximum atomic E-state index is 11.4. The first-order valence-electron chi connectivity index (χ1n) is 5.71. The van der Waals surface area contributed by atoms with Crippen molar-refractivity contribution in [2.45, 2.75) is 19.9 Å². The van der Waals surface area contributed by atoms with Crippen LogP contribution in [-0.2, 0) is 9.59 Å². The number of aryl methyl sites for hydroxylation is 1. The normalized spacial score (nSPS) is 11.5. The fourth-order valence-electron chi connectivity index (χ4n) is 1.42. The third-order valence-electron chi connectivity index (χ3n) is 2.48. The van der Waals surface area contributed by atoms with Gasteiger partial charge in [0, 0.05) is 11.6 Å². The van der Waals surface area contributed by atoms with Crippen LogP contribution in [0.15, 0.2) is 18.2 Å². The van der Waals surface area contributed by atoms with E-state index in [2.05, 4.69) is 5.32 Å². The third kappa shape index (κ3) is 4.23. The van der Waals surface area contributed by atoms with Crippen molar-refractivity contribution in [2.75, 3.05) is 6.61 Å². The number of nitrogens with zero attached hydrogens (tertiary/aromatic N) is 1. The number of carbonyl (C=O) groups excluding carboxylic acids is 1. The quantitative estimate of drug-likeness (QED) is 0.590. The lowest BCUT2D eigenvalue weighted by molar-refractivity contribution is -0.385. The Balaban J connectivity index is 2.58. The summed E-state index contributed by atoms with van der Waals surface area (Å²) in [4.78, 5) is 32.0. The molecule has 0 aliphatic heterocycles. The number of carboxylic acids is 1. The Hall–Kier alpha value is -2.64. The number of amides is 1. The Kier molecular flexibility index (Phi) is 5.01. The van der Waals surface area contributed by atoms with E-state index >= 15 is 0 Å². The molecule has 0 aromatic heterocycles. The maximum absolute atomic E-state index is 11.4. The number of nitrogens with one attached hydrogen (secondary N) is 1. The summed E-state index contributed by atoms with van der Waals surface area (Å²) < 4.78 is 5.14. The zero-order chi connectivity index (χ0) is 15.3. The van der Waals surface area contributed by atoms with Gasteiger partial charge in [-0.3, -0.25) is 19.7 Å². The lowest BCUT2D eigenvalue weighted by atomic mass is 10.2. The molecule has 1 rings (SSSR count). The molecule has 0 heterocycles. The maximum Gasteiger partial charge on any atom is 0.325 e. The van der Waals surface area contributed by atoms with Gasteiger partial charge < -0.3 is 15.2 Å². The van der Waals surface area contributed by atoms with Gasteiger partial charge in [0.05, 0.1) is 4.92 Å². The zero-order valence-electron chi connectivity index (χ0n) is 11.0. The molecular weight excluding hydrogens is 268 g/mol. The van der Waals surface area contributed by atoms with Crippen molar-refractivity contribution in [1.29, 1.82) is 0 Å². The van der Waals surface area contributed by atoms with Crippen LogP contribution in [0.2, 0.25) is 0 Å². The van der Waals surface area contributed by atoms with Gasteiger partial charge in [-0.15, -0.1) is 0 Å². The molecule has 0 saturated heterocycles. The molecule has 0 radical (unpaired) electrons. The molecule has 1 unspecified atom stereocenters. The van der Waals surface area contributed by atoms with E-state index in [1.807, 2.05) is 0 Å². The number of rotatable bonds is 6. The van der Waals surface area contributed by atoms with E-state index in [0.717, 1.165) is 0 Å². The van der Waals surface area contributed by atoms with E-state index in [1.54, 1.807) is 6.92 Å². The van der Waals surface area contributed by atoms with Crippen molar-refractivity contribution in [2.24, 2.45) is 0 Å². The van der Waals surface area contributed by atoms with Crippen molar-refractivity contribution >= 4 is 17.6 Å². The monoisotopic (exact) mass is 282 g/mol. The Labute approximate surface area is 114 Å². The first-order chi connectivity index (χ1) is 9.31. The van der Waals surface area contributed by atoms with Gasteiger partial charge in [-0.05, 0) is 26.0 Å². The van der Waals surface area contributed by atoms with E-state index < -0.39 is 22.8 Å². The minimum atomic E-state index is -1.15. The molecule has 108 valence electrons. The Morgan fingerprint density at radius 2 is 2.15 bits per heavy atom. The number of ether oxygens (including phenoxy) is 1. The summed E-state index contributed by atoms with van der Waals surface area (Å²) in [6.07, 6.45) is 0. The third-order valence-corrected chi connectivity index (χ3v) is 2.48. The molecule has 0 saturated carbocycles. The zero-order valence-corrected chi connectivity index (χ0v) is 11.0. The summed E-state index contributed by atoms with van der Waals surface area (Å²) in [7, 11) is 0. The van der Waals surface area contributed by atoms with Crippen LogP contribution < -0.4 is 10.1 Å². The largest absolute Gasteiger partial charge is 0.484 e. The van der Waals surface area contributed by atoms with Crippen LogP contribution >= 0.6 is 0 Å². The first-order valence-corrected chi connectivity index (χ1v) is 5.71. The molecule has 1 aromatic carbocycles. The summed E-state index contributed by atoms with van der Waals surface area (Å²) in [5.74, 6) is -1.44. The van der Waals surface area contributed by atoms with Gasteiger partial charge in [-0.2, -0.15) is 0 Å². The molecule has 8 heteroatoms. The summed E-state index contributed by atoms with van der Waals surface area (Å²) in [6, 6.07) is 3.08. The molecule has 0 fully saturated rings. The lowest BCUT2D eigenvalue weighted by Gasteiger charge is -2.10. The summed E-state index contributed by atoms with van der Waals surface area (Å²) in [6.45, 7) is 2.52. The average Bonchev–Trinajstić information content (AvgIpc) is 2.35. The van der Waals surface area contributed by atoms with Crippen LogP contribution in [0.5, 0.6) is 5.75 Å². The first kappa shape index (κ1) is 15.4. The number of nitro groups is 1. The topological polar surface area (TPSA) is 119 Å². The fraction of sp³-hybridized carbons (Fsp3) is 0.333. The molecule has 20 heavy (non-hydrogen) atoms. The number of benzene rings is 1. The molecule has 0 spiro atoms. The highest BCUT2D eigenvalue weighted by molar-refractivity contribution is 5.84. The molecule has 0 aliphatic carbocycles. The van der Waals surface area contributed by atoms with Crippen molar-refractivity contribution in [3.63, 3.8) is 0 Å². The second kappa shape index (κ2) is 6.50. The average molecular weight is 282 g/mol. The summed E-state index contributed by atoms with van der Waals surface area (Å²) >= 11 is 0. The SMILES string of the molecule is Cc1cc(OCC(=O)NC(C)C(=O)O)ccc1[N+](=O)[O-]. The standard InChI is InChI=1S/C12H14N2O6/c1-7-5-9(3-4-10(7)14(18)19)20-6-11(15)13-8(2)12(16)17/h3-5,8H,6H2,1-2H3,(H,13,15)(H,16,17). The van der Waals surface area contributed by atoms with Gasteiger partial charge in [0.25, 0.3) is 11.6 Å². The molecule has 0 bridgehead atoms. The number of aliphatic carboxylic acids is 1. The predicted molar refractivity (Wildman–Crippen MR) is 68.6 cm³/mol. The minimum absolute atomic E-state index is 0.0405. The van der Waals surface area contributed by atoms with Gasteiger partial charge in [-0.25, -0.2) is 0 Å². The van der Waals surface area contributed by atoms with Crippen LogP contribution in [0.25, 0.3) is 0 Å². The fourth-order valence-corrected chi connectivity index (χ4v) is 1.42. The van der Waals surface area contributed by atoms with Crippen LogP contribution in [0.4, 0.5) is 5.69 Å². The van der Waals surface area contributed by atoms with Gasteiger partial charge in [0.1, 0.15) is 11.8 Å². The number of hydrogen-bond acceptors (Lipinski definition) is 5. The summed E-state index contributed by atoms with van der Waals surface area (Å²) in [5.41, 5.74) is 0.369. The van der Waals surface area contributed by atoms with E-state index in [0.29, 0.717) is 11.3 Å². The number of nitro benzene ring substituents is 1. The second-order valence-electron chi connectivity index (χ2n) is 4.12. The van der Waals surface area contributed by atoms with Crippen LogP contribution in [0.3, 0.4) is 0 Å². The minimum Gasteiger partial charge on any atom is -0.484 e. The van der Waals surface area contributed by atoms with E-state index in [9.17, 15) is 19.7 Å². The van der Waals surface area contributed by atoms with E-state index in [-0.39, 0.29) is 12.3 Å².